The molecule has 1 aliphatic rings. The Kier molecular flexibility index (Phi) is 5.16. The lowest BCUT2D eigenvalue weighted by atomic mass is 10.2. The second-order valence-corrected chi connectivity index (χ2v) is 6.95. The first-order valence-electron chi connectivity index (χ1n) is 7.77. The summed E-state index contributed by atoms with van der Waals surface area (Å²) in [5.41, 5.74) is 1.65. The molecule has 1 fully saturated rings. The van der Waals surface area contributed by atoms with Crippen molar-refractivity contribution in [2.24, 2.45) is 0 Å². The highest BCUT2D eigenvalue weighted by atomic mass is 35.5. The van der Waals surface area contributed by atoms with E-state index in [-0.39, 0.29) is 18.2 Å². The molecule has 5 nitrogen and oxygen atoms in total. The highest BCUT2D eigenvalue weighted by molar-refractivity contribution is 7.13. The maximum atomic E-state index is 12.4. The van der Waals surface area contributed by atoms with Crippen LogP contribution in [0.25, 0.3) is 10.6 Å². The summed E-state index contributed by atoms with van der Waals surface area (Å²) in [5, 5.41) is 3.39. The summed E-state index contributed by atoms with van der Waals surface area (Å²) in [5.74, 6) is 0.111. The smallest absolute Gasteiger partial charge is 0.228 e. The fourth-order valence-corrected chi connectivity index (χ4v) is 3.82. The molecule has 1 aliphatic heterocycles. The van der Waals surface area contributed by atoms with Crippen LogP contribution in [0, 0.1) is 0 Å². The van der Waals surface area contributed by atoms with Crippen LogP contribution in [0.5, 0.6) is 0 Å². The van der Waals surface area contributed by atoms with Crippen molar-refractivity contribution >= 4 is 34.8 Å². The minimum absolute atomic E-state index is 0.0502. The normalized spacial score (nSPS) is 14.8. The molecule has 24 heavy (non-hydrogen) atoms. The number of thiazole rings is 1. The standard InChI is InChI=1S/C17H18ClN3O2S/c1-12(22)20-6-8-21(9-7-20)16(23)10-13-11-24-17(19-13)14-4-2-3-5-15(14)18/h2-5,11H,6-10H2,1H3. The van der Waals surface area contributed by atoms with E-state index in [1.807, 2.05) is 29.6 Å². The number of amides is 2. The zero-order chi connectivity index (χ0) is 17.1. The first kappa shape index (κ1) is 16.9. The number of hydrogen-bond donors (Lipinski definition) is 0. The maximum Gasteiger partial charge on any atom is 0.228 e. The highest BCUT2D eigenvalue weighted by Gasteiger charge is 2.23. The van der Waals surface area contributed by atoms with Crippen molar-refractivity contribution in [3.05, 3.63) is 40.4 Å². The van der Waals surface area contributed by atoms with Gasteiger partial charge in [-0.05, 0) is 6.07 Å². The Bertz CT molecular complexity index is 754. The van der Waals surface area contributed by atoms with Crippen molar-refractivity contribution in [3.63, 3.8) is 0 Å². The van der Waals surface area contributed by atoms with Crippen LogP contribution in [0.4, 0.5) is 0 Å². The van der Waals surface area contributed by atoms with Gasteiger partial charge < -0.3 is 9.80 Å². The van der Waals surface area contributed by atoms with E-state index >= 15 is 0 Å². The van der Waals surface area contributed by atoms with Gasteiger partial charge in [0.15, 0.2) is 0 Å². The molecule has 0 unspecified atom stereocenters. The second-order valence-electron chi connectivity index (χ2n) is 5.69. The van der Waals surface area contributed by atoms with E-state index < -0.39 is 0 Å². The van der Waals surface area contributed by atoms with Crippen LogP contribution in [0.3, 0.4) is 0 Å². The molecule has 2 aromatic rings. The van der Waals surface area contributed by atoms with Gasteiger partial charge in [-0.2, -0.15) is 0 Å². The zero-order valence-corrected chi connectivity index (χ0v) is 14.9. The first-order chi connectivity index (χ1) is 11.5. The fraction of sp³-hybridized carbons (Fsp3) is 0.353. The Morgan fingerprint density at radius 3 is 2.50 bits per heavy atom. The molecular weight excluding hydrogens is 346 g/mol. The molecule has 0 radical (unpaired) electrons. The van der Waals surface area contributed by atoms with Crippen molar-refractivity contribution in [3.8, 4) is 10.6 Å². The summed E-state index contributed by atoms with van der Waals surface area (Å²) in [4.78, 5) is 31.9. The van der Waals surface area contributed by atoms with E-state index in [9.17, 15) is 9.59 Å². The van der Waals surface area contributed by atoms with Crippen LogP contribution in [-0.4, -0.2) is 52.8 Å². The van der Waals surface area contributed by atoms with Gasteiger partial charge in [-0.15, -0.1) is 11.3 Å². The van der Waals surface area contributed by atoms with E-state index in [1.54, 1.807) is 16.7 Å². The molecule has 7 heteroatoms. The summed E-state index contributed by atoms with van der Waals surface area (Å²) < 4.78 is 0. The number of rotatable bonds is 3. The maximum absolute atomic E-state index is 12.4. The van der Waals surface area contributed by atoms with Gasteiger partial charge in [0.2, 0.25) is 11.8 Å². The molecule has 1 aromatic heterocycles. The monoisotopic (exact) mass is 363 g/mol. The fourth-order valence-electron chi connectivity index (χ4n) is 2.68. The van der Waals surface area contributed by atoms with Crippen LogP contribution in [0.1, 0.15) is 12.6 Å². The third-order valence-electron chi connectivity index (χ3n) is 4.07. The van der Waals surface area contributed by atoms with Crippen molar-refractivity contribution in [1.29, 1.82) is 0 Å². The van der Waals surface area contributed by atoms with E-state index in [2.05, 4.69) is 4.98 Å². The Balaban J connectivity index is 1.62. The summed E-state index contributed by atoms with van der Waals surface area (Å²) >= 11 is 7.68. The van der Waals surface area contributed by atoms with Crippen molar-refractivity contribution in [1.82, 2.24) is 14.8 Å². The molecule has 1 aromatic carbocycles. The van der Waals surface area contributed by atoms with Gasteiger partial charge in [-0.3, -0.25) is 9.59 Å². The molecule has 2 amide bonds. The van der Waals surface area contributed by atoms with Crippen LogP contribution >= 0.6 is 22.9 Å². The average molecular weight is 364 g/mol. The van der Waals surface area contributed by atoms with Gasteiger partial charge in [0.05, 0.1) is 17.1 Å². The summed E-state index contributed by atoms with van der Waals surface area (Å²) in [6.07, 6.45) is 0.279. The number of benzene rings is 1. The topological polar surface area (TPSA) is 53.5 Å². The van der Waals surface area contributed by atoms with Crippen LogP contribution in [0.15, 0.2) is 29.6 Å². The van der Waals surface area contributed by atoms with E-state index in [1.165, 1.54) is 11.3 Å². The van der Waals surface area contributed by atoms with Crippen LogP contribution < -0.4 is 0 Å². The molecule has 0 spiro atoms. The number of aromatic nitrogens is 1. The van der Waals surface area contributed by atoms with Crippen molar-refractivity contribution in [2.75, 3.05) is 26.2 Å². The number of halogens is 1. The van der Waals surface area contributed by atoms with E-state index in [0.29, 0.717) is 31.2 Å². The zero-order valence-electron chi connectivity index (χ0n) is 13.4. The summed E-state index contributed by atoms with van der Waals surface area (Å²) in [7, 11) is 0. The number of nitrogens with zero attached hydrogens (tertiary/aromatic N) is 3. The van der Waals surface area contributed by atoms with E-state index in [0.717, 1.165) is 16.3 Å². The molecule has 0 bridgehead atoms. The number of carbonyl (C=O) groups is 2. The number of hydrogen-bond acceptors (Lipinski definition) is 4. The lowest BCUT2D eigenvalue weighted by Gasteiger charge is -2.34. The van der Waals surface area contributed by atoms with Crippen LogP contribution in [-0.2, 0) is 16.0 Å². The van der Waals surface area contributed by atoms with Gasteiger partial charge >= 0.3 is 0 Å². The Morgan fingerprint density at radius 2 is 1.83 bits per heavy atom. The molecule has 2 heterocycles. The Hall–Kier alpha value is -1.92. The minimum Gasteiger partial charge on any atom is -0.339 e. The number of piperazine rings is 1. The van der Waals surface area contributed by atoms with Crippen LogP contribution in [0.2, 0.25) is 5.02 Å². The van der Waals surface area contributed by atoms with Gasteiger partial charge in [0.1, 0.15) is 5.01 Å². The van der Waals surface area contributed by atoms with Gasteiger partial charge in [0.25, 0.3) is 0 Å². The van der Waals surface area contributed by atoms with Gasteiger partial charge in [-0.1, -0.05) is 29.8 Å². The third kappa shape index (κ3) is 3.76. The van der Waals surface area contributed by atoms with Gasteiger partial charge in [0, 0.05) is 44.0 Å². The van der Waals surface area contributed by atoms with Crippen molar-refractivity contribution < 1.29 is 9.59 Å². The molecule has 0 aliphatic carbocycles. The predicted molar refractivity (Wildman–Crippen MR) is 95.1 cm³/mol. The summed E-state index contributed by atoms with van der Waals surface area (Å²) in [6.45, 7) is 3.93. The molecule has 0 saturated carbocycles. The first-order valence-corrected chi connectivity index (χ1v) is 9.03. The summed E-state index contributed by atoms with van der Waals surface area (Å²) in [6, 6.07) is 7.55. The quantitative estimate of drug-likeness (QED) is 0.842. The largest absolute Gasteiger partial charge is 0.339 e. The Morgan fingerprint density at radius 1 is 1.17 bits per heavy atom. The lowest BCUT2D eigenvalue weighted by Crippen LogP contribution is -2.50. The number of carbonyl (C=O) groups excluding carboxylic acids is 2. The minimum atomic E-state index is 0.0502. The molecule has 3 rings (SSSR count). The highest BCUT2D eigenvalue weighted by Crippen LogP contribution is 2.30. The molecule has 0 atom stereocenters. The third-order valence-corrected chi connectivity index (χ3v) is 5.32. The molecule has 126 valence electrons. The molecule has 0 N–H and O–H groups in total. The SMILES string of the molecule is CC(=O)N1CCN(C(=O)Cc2csc(-c3ccccc3Cl)n2)CC1. The second kappa shape index (κ2) is 7.32. The van der Waals surface area contributed by atoms with Crippen molar-refractivity contribution in [2.45, 2.75) is 13.3 Å². The lowest BCUT2D eigenvalue weighted by molar-refractivity contribution is -0.138. The van der Waals surface area contributed by atoms with E-state index in [4.69, 9.17) is 11.6 Å². The van der Waals surface area contributed by atoms with Gasteiger partial charge in [-0.25, -0.2) is 4.98 Å². The Labute approximate surface area is 149 Å². The average Bonchev–Trinajstić information content (AvgIpc) is 3.03. The predicted octanol–water partition coefficient (Wildman–Crippen LogP) is 2.70. The molecule has 1 saturated heterocycles. The molecular formula is C17H18ClN3O2S.